The van der Waals surface area contributed by atoms with E-state index in [0.29, 0.717) is 24.1 Å². The van der Waals surface area contributed by atoms with Gasteiger partial charge in [-0.2, -0.15) is 0 Å². The summed E-state index contributed by atoms with van der Waals surface area (Å²) >= 11 is 0. The third-order valence-corrected chi connectivity index (χ3v) is 12.6. The van der Waals surface area contributed by atoms with Crippen molar-refractivity contribution in [2.45, 2.75) is 81.9 Å². The number of hydrogen-bond acceptors (Lipinski definition) is 9. The molecule has 12 nitrogen and oxygen atoms in total. The van der Waals surface area contributed by atoms with Crippen LogP contribution in [0.5, 0.6) is 0 Å². The fraction of sp³-hybridized carbons (Fsp3) is 0.425. The lowest BCUT2D eigenvalue weighted by Gasteiger charge is -2.35. The van der Waals surface area contributed by atoms with E-state index < -0.39 is 80.9 Å². The zero-order valence-corrected chi connectivity index (χ0v) is 31.4. The van der Waals surface area contributed by atoms with Crippen LogP contribution in [0.2, 0.25) is 0 Å². The molecule has 4 aliphatic rings. The summed E-state index contributed by atoms with van der Waals surface area (Å²) in [7, 11) is -4.12. The van der Waals surface area contributed by atoms with Crippen LogP contribution in [-0.4, -0.2) is 91.0 Å². The highest BCUT2D eigenvalue weighted by molar-refractivity contribution is 7.91. The Morgan fingerprint density at radius 2 is 1.49 bits per heavy atom. The first-order chi connectivity index (χ1) is 26.1. The summed E-state index contributed by atoms with van der Waals surface area (Å²) in [4.78, 5) is 62.6. The molecule has 3 aromatic rings. The fourth-order valence-corrected chi connectivity index (χ4v) is 8.84. The minimum atomic E-state index is -4.12. The van der Waals surface area contributed by atoms with Crippen molar-refractivity contribution in [2.24, 2.45) is 16.5 Å². The fourth-order valence-electron chi connectivity index (χ4n) is 7.47. The van der Waals surface area contributed by atoms with Crippen molar-refractivity contribution < 1.29 is 41.2 Å². The topological polar surface area (TPSA) is 163 Å². The van der Waals surface area contributed by atoms with Crippen LogP contribution in [0.1, 0.15) is 67.9 Å². The number of oxime groups is 1. The molecule has 1 aliphatic heterocycles. The number of rotatable bonds is 13. The number of sulfonamides is 1. The van der Waals surface area contributed by atoms with Crippen LogP contribution in [0.3, 0.4) is 0 Å². The average molecular weight is 776 g/mol. The summed E-state index contributed by atoms with van der Waals surface area (Å²) in [5.74, 6) is -4.60. The van der Waals surface area contributed by atoms with Crippen LogP contribution in [0, 0.1) is 11.3 Å². The van der Waals surface area contributed by atoms with E-state index in [1.165, 1.54) is 4.90 Å². The molecule has 3 fully saturated rings. The molecule has 1 heterocycles. The number of likely N-dealkylation sites (tertiary alicyclic amines) is 1. The molecule has 290 valence electrons. The van der Waals surface area contributed by atoms with Crippen molar-refractivity contribution in [2.75, 3.05) is 13.1 Å². The van der Waals surface area contributed by atoms with Gasteiger partial charge < -0.3 is 15.1 Å². The molecule has 2 saturated carbocycles. The normalized spacial score (nSPS) is 23.4. The predicted molar refractivity (Wildman–Crippen MR) is 200 cm³/mol. The van der Waals surface area contributed by atoms with E-state index in [2.05, 4.69) is 15.8 Å². The lowest BCUT2D eigenvalue weighted by molar-refractivity contribution is -0.143. The second-order valence-electron chi connectivity index (χ2n) is 15.8. The van der Waals surface area contributed by atoms with E-state index in [0.717, 1.165) is 22.3 Å². The molecular weight excluding hydrogens is 733 g/mol. The van der Waals surface area contributed by atoms with Gasteiger partial charge in [-0.3, -0.25) is 29.2 Å². The Morgan fingerprint density at radius 3 is 2.04 bits per heavy atom. The van der Waals surface area contributed by atoms with Gasteiger partial charge in [0.15, 0.2) is 5.78 Å². The van der Waals surface area contributed by atoms with Crippen molar-refractivity contribution >= 4 is 39.2 Å². The van der Waals surface area contributed by atoms with Crippen LogP contribution in [0.15, 0.2) is 84.0 Å². The third-order valence-electron chi connectivity index (χ3n) is 10.7. The lowest BCUT2D eigenvalue weighted by atomic mass is 9.85. The van der Waals surface area contributed by atoms with E-state index >= 15 is 0 Å². The molecule has 7 rings (SSSR count). The summed E-state index contributed by atoms with van der Waals surface area (Å²) in [6.45, 7) is 5.07. The van der Waals surface area contributed by atoms with E-state index in [1.807, 2.05) is 53.3 Å². The van der Waals surface area contributed by atoms with E-state index in [-0.39, 0.29) is 25.3 Å². The predicted octanol–water partition coefficient (Wildman–Crippen LogP) is 4.04. The van der Waals surface area contributed by atoms with Crippen molar-refractivity contribution in [1.82, 2.24) is 20.3 Å². The van der Waals surface area contributed by atoms with E-state index in [4.69, 9.17) is 4.84 Å². The Balaban J connectivity index is 1.17. The molecule has 0 aromatic heterocycles. The van der Waals surface area contributed by atoms with Crippen molar-refractivity contribution in [3.8, 4) is 11.1 Å². The Hall–Kier alpha value is -5.02. The van der Waals surface area contributed by atoms with Crippen LogP contribution in [-0.2, 0) is 29.2 Å². The maximum absolute atomic E-state index is 14.5. The minimum Gasteiger partial charge on any atom is -0.390 e. The maximum atomic E-state index is 14.5. The van der Waals surface area contributed by atoms with Crippen molar-refractivity contribution in [1.29, 1.82) is 0 Å². The second-order valence-corrected chi connectivity index (χ2v) is 17.7. The maximum Gasteiger partial charge on any atom is 0.259 e. The molecule has 3 amide bonds. The number of halogens is 2. The van der Waals surface area contributed by atoms with Gasteiger partial charge in [0.05, 0.1) is 30.3 Å². The highest BCUT2D eigenvalue weighted by Gasteiger charge is 2.66. The minimum absolute atomic E-state index is 0.116. The standard InChI is InChI=1S/C40H43F2N5O7S/c1-39(2,3)34(43-21-32(48)23-11-5-4-6-12-23)37(50)47-22-24(54-45-33-28-15-9-7-13-26(28)27-14-8-10-16-29(27)33)19-31(47)36(49)44-40(20-30(40)35(41)42)38(51)46-55(52,53)25-17-18-25/h4-16,24-25,30-31,34-35,43H,17-22H2,1-3H3,(H,44,49)(H,46,51)/t24-,30+,31?,34-,40+/m1/s1. The van der Waals surface area contributed by atoms with E-state index in [9.17, 15) is 36.4 Å². The van der Waals surface area contributed by atoms with Gasteiger partial charge in [0.1, 0.15) is 23.4 Å². The number of carbonyl (C=O) groups is 4. The first-order valence-electron chi connectivity index (χ1n) is 18.3. The molecule has 3 aromatic carbocycles. The Labute approximate surface area is 318 Å². The molecule has 5 atom stereocenters. The van der Waals surface area contributed by atoms with E-state index in [1.54, 1.807) is 51.1 Å². The van der Waals surface area contributed by atoms with Crippen LogP contribution in [0.4, 0.5) is 8.78 Å². The molecular formula is C40H43F2N5O7S. The number of nitrogens with one attached hydrogen (secondary N) is 3. The summed E-state index contributed by atoms with van der Waals surface area (Å²) in [5.41, 5.74) is 1.65. The Kier molecular flexibility index (Phi) is 10.1. The summed E-state index contributed by atoms with van der Waals surface area (Å²) in [5, 5.41) is 9.26. The zero-order valence-electron chi connectivity index (χ0n) is 30.6. The lowest BCUT2D eigenvalue weighted by Crippen LogP contribution is -2.60. The van der Waals surface area contributed by atoms with Gasteiger partial charge in [0.25, 0.3) is 5.91 Å². The monoisotopic (exact) mass is 775 g/mol. The zero-order chi connectivity index (χ0) is 39.3. The number of alkyl halides is 2. The molecule has 15 heteroatoms. The van der Waals surface area contributed by atoms with Crippen molar-refractivity contribution in [3.05, 3.63) is 95.6 Å². The van der Waals surface area contributed by atoms with Gasteiger partial charge >= 0.3 is 0 Å². The number of amides is 3. The largest absolute Gasteiger partial charge is 0.390 e. The smallest absolute Gasteiger partial charge is 0.259 e. The third kappa shape index (κ3) is 7.64. The SMILES string of the molecule is CC(C)(C)[C@H](NCC(=O)c1ccccc1)C(=O)N1C[C@H](ON=C2c3ccccc3-c3ccccc32)CC1C(=O)N[C@@]1(C(=O)NS(=O)(=O)C2CC2)C[C@H]1C(F)F. The number of hydrogen-bond donors (Lipinski definition) is 3. The molecule has 0 radical (unpaired) electrons. The molecule has 55 heavy (non-hydrogen) atoms. The number of benzene rings is 3. The number of ketones is 1. The van der Waals surface area contributed by atoms with Gasteiger partial charge in [0.2, 0.25) is 28.3 Å². The summed E-state index contributed by atoms with van der Waals surface area (Å²) in [6.07, 6.45) is -3.80. The first kappa shape index (κ1) is 38.3. The Morgan fingerprint density at radius 1 is 0.909 bits per heavy atom. The summed E-state index contributed by atoms with van der Waals surface area (Å²) in [6, 6.07) is 21.6. The molecule has 3 aliphatic carbocycles. The first-order valence-corrected chi connectivity index (χ1v) is 19.9. The number of nitrogens with zero attached hydrogens (tertiary/aromatic N) is 2. The highest BCUT2D eigenvalue weighted by atomic mass is 32.2. The van der Waals surface area contributed by atoms with Crippen LogP contribution >= 0.6 is 0 Å². The second kappa shape index (κ2) is 14.6. The van der Waals surface area contributed by atoms with Gasteiger partial charge in [-0.1, -0.05) is 105 Å². The average Bonchev–Trinajstić information content (AvgIpc) is 4.07. The number of Topliss-reactive ketones (excluding diaryl/α,β-unsaturated/α-hetero) is 1. The number of fused-ring (bicyclic) bond motifs is 3. The molecule has 0 bridgehead atoms. The van der Waals surface area contributed by atoms with Crippen LogP contribution < -0.4 is 15.4 Å². The molecule has 3 N–H and O–H groups in total. The molecule has 0 spiro atoms. The quantitative estimate of drug-likeness (QED) is 0.135. The van der Waals surface area contributed by atoms with Gasteiger partial charge in [-0.25, -0.2) is 17.2 Å². The van der Waals surface area contributed by atoms with Crippen LogP contribution in [0.25, 0.3) is 11.1 Å². The van der Waals surface area contributed by atoms with Gasteiger partial charge in [-0.05, 0) is 35.8 Å². The Bertz CT molecular complexity index is 2110. The molecule has 1 unspecified atom stereocenters. The highest BCUT2D eigenvalue weighted by Crippen LogP contribution is 2.48. The van der Waals surface area contributed by atoms with Gasteiger partial charge in [0, 0.05) is 23.1 Å². The van der Waals surface area contributed by atoms with Gasteiger partial charge in [-0.15, -0.1) is 0 Å². The summed E-state index contributed by atoms with van der Waals surface area (Å²) < 4.78 is 55.4. The molecule has 1 saturated heterocycles. The number of carbonyl (C=O) groups excluding carboxylic acids is 4. The van der Waals surface area contributed by atoms with Crippen molar-refractivity contribution in [3.63, 3.8) is 0 Å².